The van der Waals surface area contributed by atoms with Gasteiger partial charge in [0.15, 0.2) is 4.21 Å². The number of sulfonamides is 1. The molecule has 1 aliphatic heterocycles. The first kappa shape index (κ1) is 12.8. The first-order valence-corrected chi connectivity index (χ1v) is 7.62. The molecular formula is C9H12ClN3O2S2. The molecule has 0 bridgehead atoms. The number of halogens is 1. The highest BCUT2D eigenvalue weighted by Gasteiger charge is 2.34. The van der Waals surface area contributed by atoms with Crippen LogP contribution in [-0.4, -0.2) is 18.7 Å². The Kier molecular flexibility index (Phi) is 3.19. The molecule has 0 unspecified atom stereocenters. The molecule has 17 heavy (non-hydrogen) atoms. The zero-order valence-corrected chi connectivity index (χ0v) is 11.7. The van der Waals surface area contributed by atoms with Crippen molar-refractivity contribution in [2.45, 2.75) is 24.5 Å². The summed E-state index contributed by atoms with van der Waals surface area (Å²) in [6, 6.07) is 1.55. The van der Waals surface area contributed by atoms with Crippen LogP contribution < -0.4 is 5.84 Å². The van der Waals surface area contributed by atoms with E-state index in [1.54, 1.807) is 6.07 Å². The van der Waals surface area contributed by atoms with Crippen LogP contribution in [-0.2, 0) is 10.0 Å². The molecule has 1 aromatic rings. The predicted molar refractivity (Wildman–Crippen MR) is 69.1 cm³/mol. The zero-order chi connectivity index (χ0) is 12.8. The number of thiophene rings is 1. The van der Waals surface area contributed by atoms with Gasteiger partial charge in [-0.3, -0.25) is 0 Å². The van der Waals surface area contributed by atoms with Gasteiger partial charge in [-0.15, -0.1) is 11.3 Å². The van der Waals surface area contributed by atoms with Crippen LogP contribution in [0.3, 0.4) is 0 Å². The van der Waals surface area contributed by atoms with Gasteiger partial charge in [0, 0.05) is 6.42 Å². The zero-order valence-electron chi connectivity index (χ0n) is 9.34. The van der Waals surface area contributed by atoms with Crippen molar-refractivity contribution in [2.75, 3.05) is 0 Å². The van der Waals surface area contributed by atoms with Crippen molar-refractivity contribution < 1.29 is 8.42 Å². The molecule has 2 rings (SSSR count). The maximum atomic E-state index is 12.1. The number of fused-ring (bicyclic) bond motifs is 1. The van der Waals surface area contributed by atoms with E-state index in [0.717, 1.165) is 15.8 Å². The van der Waals surface area contributed by atoms with Crippen molar-refractivity contribution in [2.24, 2.45) is 16.8 Å². The Hall–Kier alpha value is -0.630. The third-order valence-electron chi connectivity index (χ3n) is 2.24. The monoisotopic (exact) mass is 293 g/mol. The third-order valence-corrected chi connectivity index (χ3v) is 5.57. The van der Waals surface area contributed by atoms with E-state index in [-0.39, 0.29) is 10.1 Å². The highest BCUT2D eigenvalue weighted by atomic mass is 35.5. The first-order valence-electron chi connectivity index (χ1n) is 4.99. The van der Waals surface area contributed by atoms with Crippen molar-refractivity contribution in [3.63, 3.8) is 0 Å². The smallest absolute Gasteiger partial charge is 0.232 e. The molecule has 8 heteroatoms. The Balaban J connectivity index is 2.56. The van der Waals surface area contributed by atoms with Crippen molar-refractivity contribution >= 4 is 44.5 Å². The van der Waals surface area contributed by atoms with Crippen LogP contribution in [0, 0.1) is 5.92 Å². The second kappa shape index (κ2) is 4.24. The van der Waals surface area contributed by atoms with Crippen molar-refractivity contribution in [3.8, 4) is 0 Å². The highest BCUT2D eigenvalue weighted by molar-refractivity contribution is 7.92. The van der Waals surface area contributed by atoms with Crippen molar-refractivity contribution in [3.05, 3.63) is 10.4 Å². The maximum Gasteiger partial charge on any atom is 0.290 e. The maximum absolute atomic E-state index is 12.1. The lowest BCUT2D eigenvalue weighted by Crippen LogP contribution is -2.44. The minimum atomic E-state index is -3.68. The molecule has 1 aromatic heterocycles. The number of nitrogens with two attached hydrogens (primary N) is 1. The van der Waals surface area contributed by atoms with E-state index in [0.29, 0.717) is 22.3 Å². The van der Waals surface area contributed by atoms with Gasteiger partial charge < -0.3 is 0 Å². The van der Waals surface area contributed by atoms with Crippen LogP contribution in [0.2, 0.25) is 4.34 Å². The minimum absolute atomic E-state index is 0.109. The standard InChI is InChI=1S/C9H12ClN3O2S2/c1-5(2)3-8-12-6-4-7(10)16-9(6)17(14,15)13(8)11/h4-5H,3,11H2,1-2H3. The van der Waals surface area contributed by atoms with E-state index in [1.165, 1.54) is 0 Å². The Labute approximate surface area is 109 Å². The summed E-state index contributed by atoms with van der Waals surface area (Å²) < 4.78 is 25.4. The normalized spacial score (nSPS) is 18.2. The van der Waals surface area contributed by atoms with Crippen LogP contribution in [0.4, 0.5) is 5.69 Å². The molecule has 2 heterocycles. The van der Waals surface area contributed by atoms with Gasteiger partial charge in [0.2, 0.25) is 0 Å². The van der Waals surface area contributed by atoms with Gasteiger partial charge in [-0.25, -0.2) is 10.8 Å². The fourth-order valence-corrected chi connectivity index (χ4v) is 4.42. The molecule has 5 nitrogen and oxygen atoms in total. The first-order chi connectivity index (χ1) is 7.82. The van der Waals surface area contributed by atoms with Gasteiger partial charge in [-0.05, 0) is 12.0 Å². The number of hydrogen-bond donors (Lipinski definition) is 1. The SMILES string of the molecule is CC(C)CC1=Nc2cc(Cl)sc2S(=O)(=O)N1N. The molecule has 2 N–H and O–H groups in total. The molecule has 0 aromatic carbocycles. The quantitative estimate of drug-likeness (QED) is 0.851. The minimum Gasteiger partial charge on any atom is -0.232 e. The molecule has 0 radical (unpaired) electrons. The summed E-state index contributed by atoms with van der Waals surface area (Å²) in [5, 5.41) is 0. The number of amidine groups is 1. The lowest BCUT2D eigenvalue weighted by molar-refractivity contribution is 0.518. The fraction of sp³-hybridized carbons (Fsp3) is 0.444. The van der Waals surface area contributed by atoms with Crippen LogP contribution in [0.1, 0.15) is 20.3 Å². The molecule has 0 spiro atoms. The summed E-state index contributed by atoms with van der Waals surface area (Å²) in [5.74, 6) is 6.23. The van der Waals surface area contributed by atoms with E-state index in [4.69, 9.17) is 17.4 Å². The molecule has 94 valence electrons. The Morgan fingerprint density at radius 2 is 2.24 bits per heavy atom. The third kappa shape index (κ3) is 2.20. The Morgan fingerprint density at radius 3 is 2.82 bits per heavy atom. The molecule has 0 fully saturated rings. The number of rotatable bonds is 2. The molecule has 1 aliphatic rings. The number of hydrogen-bond acceptors (Lipinski definition) is 5. The lowest BCUT2D eigenvalue weighted by Gasteiger charge is -2.24. The van der Waals surface area contributed by atoms with E-state index in [9.17, 15) is 8.42 Å². The second-order valence-electron chi connectivity index (χ2n) is 4.15. The van der Waals surface area contributed by atoms with Crippen LogP contribution in [0.15, 0.2) is 15.3 Å². The van der Waals surface area contributed by atoms with Crippen molar-refractivity contribution in [1.29, 1.82) is 0 Å². The van der Waals surface area contributed by atoms with E-state index in [1.807, 2.05) is 13.8 Å². The van der Waals surface area contributed by atoms with Gasteiger partial charge in [0.1, 0.15) is 5.84 Å². The van der Waals surface area contributed by atoms with E-state index < -0.39 is 10.0 Å². The van der Waals surface area contributed by atoms with Crippen molar-refractivity contribution in [1.82, 2.24) is 4.41 Å². The molecule has 0 saturated heterocycles. The average molecular weight is 294 g/mol. The second-order valence-corrected chi connectivity index (χ2v) is 7.84. The largest absolute Gasteiger partial charge is 0.290 e. The lowest BCUT2D eigenvalue weighted by atomic mass is 10.1. The average Bonchev–Trinajstić information content (AvgIpc) is 2.56. The van der Waals surface area contributed by atoms with Crippen LogP contribution >= 0.6 is 22.9 Å². The Morgan fingerprint density at radius 1 is 1.59 bits per heavy atom. The molecule has 0 amide bonds. The van der Waals surface area contributed by atoms with E-state index in [2.05, 4.69) is 4.99 Å². The van der Waals surface area contributed by atoms with Gasteiger partial charge in [0.05, 0.1) is 10.0 Å². The molecular weight excluding hydrogens is 282 g/mol. The fourth-order valence-electron chi connectivity index (χ4n) is 1.52. The molecule has 0 atom stereocenters. The summed E-state index contributed by atoms with van der Waals surface area (Å²) in [6.45, 7) is 3.94. The number of hydrazine groups is 1. The summed E-state index contributed by atoms with van der Waals surface area (Å²) in [7, 11) is -3.68. The van der Waals surface area contributed by atoms with Gasteiger partial charge >= 0.3 is 0 Å². The predicted octanol–water partition coefficient (Wildman–Crippen LogP) is 2.36. The number of nitrogens with zero attached hydrogens (tertiary/aromatic N) is 2. The summed E-state index contributed by atoms with van der Waals surface area (Å²) >= 11 is 6.78. The van der Waals surface area contributed by atoms with Gasteiger partial charge in [-0.1, -0.05) is 25.4 Å². The Bertz CT molecular complexity index is 577. The summed E-state index contributed by atoms with van der Waals surface area (Å²) in [5.41, 5.74) is 0.386. The topological polar surface area (TPSA) is 75.8 Å². The summed E-state index contributed by atoms with van der Waals surface area (Å²) in [4.78, 5) is 4.25. The van der Waals surface area contributed by atoms with Crippen LogP contribution in [0.5, 0.6) is 0 Å². The van der Waals surface area contributed by atoms with Gasteiger partial charge in [-0.2, -0.15) is 12.8 Å². The summed E-state index contributed by atoms with van der Waals surface area (Å²) in [6.07, 6.45) is 0.503. The number of aliphatic imine (C=N–C) groups is 1. The van der Waals surface area contributed by atoms with Crippen LogP contribution in [0.25, 0.3) is 0 Å². The highest BCUT2D eigenvalue weighted by Crippen LogP contribution is 2.40. The van der Waals surface area contributed by atoms with E-state index >= 15 is 0 Å². The molecule has 0 saturated carbocycles. The van der Waals surface area contributed by atoms with Gasteiger partial charge in [0.25, 0.3) is 10.0 Å². The molecule has 0 aliphatic carbocycles.